The maximum Gasteiger partial charge on any atom is 0.276 e. The first-order valence-electron chi connectivity index (χ1n) is 7.80. The van der Waals surface area contributed by atoms with Crippen molar-refractivity contribution in [1.29, 1.82) is 0 Å². The molecule has 1 saturated heterocycles. The monoisotopic (exact) mass is 333 g/mol. The maximum atomic E-state index is 12.8. The van der Waals surface area contributed by atoms with Crippen LogP contribution >= 0.6 is 0 Å². The molecule has 0 amide bonds. The van der Waals surface area contributed by atoms with Crippen LogP contribution in [0.15, 0.2) is 45.9 Å². The third kappa shape index (κ3) is 2.70. The number of fused-ring (bicyclic) bond motifs is 1. The molecule has 2 aliphatic heterocycles. The molecule has 0 radical (unpaired) electrons. The van der Waals surface area contributed by atoms with Crippen molar-refractivity contribution in [3.8, 4) is 0 Å². The number of nitrogens with one attached hydrogen (secondary N) is 2. The van der Waals surface area contributed by atoms with E-state index in [9.17, 15) is 8.42 Å². The molecule has 1 fully saturated rings. The molecule has 122 valence electrons. The molecule has 1 aromatic carbocycles. The highest BCUT2D eigenvalue weighted by molar-refractivity contribution is 7.89. The van der Waals surface area contributed by atoms with Crippen LogP contribution < -0.4 is 10.9 Å². The van der Waals surface area contributed by atoms with E-state index < -0.39 is 10.0 Å². The fourth-order valence-electron chi connectivity index (χ4n) is 3.16. The molecule has 0 bridgehead atoms. The van der Waals surface area contributed by atoms with Gasteiger partial charge in [0.1, 0.15) is 5.76 Å². The predicted octanol–water partition coefficient (Wildman–Crippen LogP) is 1.57. The van der Waals surface area contributed by atoms with Crippen molar-refractivity contribution in [3.63, 3.8) is 0 Å². The van der Waals surface area contributed by atoms with Gasteiger partial charge in [-0.3, -0.25) is 5.43 Å². The van der Waals surface area contributed by atoms with Gasteiger partial charge in [-0.25, -0.2) is 13.8 Å². The summed E-state index contributed by atoms with van der Waals surface area (Å²) in [4.78, 5) is 0. The average molecular weight is 333 g/mol. The second kappa shape index (κ2) is 5.76. The van der Waals surface area contributed by atoms with Crippen LogP contribution in [-0.4, -0.2) is 25.8 Å². The Hall–Kier alpha value is -1.67. The maximum absolute atomic E-state index is 12.8. The number of sulfonamides is 1. The highest BCUT2D eigenvalue weighted by atomic mass is 32.2. The Morgan fingerprint density at radius 1 is 1.13 bits per heavy atom. The third-order valence-corrected chi connectivity index (χ3v) is 6.19. The van der Waals surface area contributed by atoms with E-state index in [2.05, 4.69) is 16.9 Å². The topological polar surface area (TPSA) is 74.6 Å². The lowest BCUT2D eigenvalue weighted by Crippen LogP contribution is -2.35. The van der Waals surface area contributed by atoms with Gasteiger partial charge in [0.05, 0.1) is 6.04 Å². The van der Waals surface area contributed by atoms with Crippen LogP contribution in [0.1, 0.15) is 29.3 Å². The second-order valence-corrected chi connectivity index (χ2v) is 7.80. The highest BCUT2D eigenvalue weighted by Crippen LogP contribution is 2.28. The van der Waals surface area contributed by atoms with E-state index >= 15 is 0 Å². The molecule has 7 heteroatoms. The van der Waals surface area contributed by atoms with Gasteiger partial charge in [0.15, 0.2) is 0 Å². The average Bonchev–Trinajstić information content (AvgIpc) is 3.25. The summed E-state index contributed by atoms with van der Waals surface area (Å²) in [6, 6.07) is 11.3. The number of nitrogens with zero attached hydrogens (tertiary/aromatic N) is 1. The van der Waals surface area contributed by atoms with Crippen molar-refractivity contribution in [3.05, 3.63) is 53.3 Å². The van der Waals surface area contributed by atoms with Crippen molar-refractivity contribution in [2.45, 2.75) is 30.5 Å². The lowest BCUT2D eigenvalue weighted by atomic mass is 10.0. The number of rotatable bonds is 3. The molecule has 0 spiro atoms. The predicted molar refractivity (Wildman–Crippen MR) is 84.9 cm³/mol. The highest BCUT2D eigenvalue weighted by Gasteiger charge is 2.31. The molecule has 2 aliphatic rings. The van der Waals surface area contributed by atoms with Crippen molar-refractivity contribution in [1.82, 2.24) is 15.2 Å². The number of furan rings is 1. The van der Waals surface area contributed by atoms with Crippen LogP contribution in [-0.2, 0) is 23.0 Å². The van der Waals surface area contributed by atoms with Crippen LogP contribution in [0.4, 0.5) is 0 Å². The smallest absolute Gasteiger partial charge is 0.276 e. The van der Waals surface area contributed by atoms with Gasteiger partial charge in [0.2, 0.25) is 5.09 Å². The summed E-state index contributed by atoms with van der Waals surface area (Å²) in [5, 5.41) is 0.0283. The lowest BCUT2D eigenvalue weighted by molar-refractivity contribution is 0.341. The Morgan fingerprint density at radius 3 is 2.74 bits per heavy atom. The van der Waals surface area contributed by atoms with Crippen molar-refractivity contribution >= 4 is 10.0 Å². The minimum Gasteiger partial charge on any atom is -0.447 e. The van der Waals surface area contributed by atoms with Gasteiger partial charge in [-0.1, -0.05) is 24.3 Å². The number of hydrazine groups is 1. The standard InChI is InChI=1S/C16H19N3O3S/c20-23(21,16-6-5-15(22-16)14-7-9-17-18-14)19-10-8-12-3-1-2-4-13(12)11-19/h1-6,14,17-18H,7-11H2. The van der Waals surface area contributed by atoms with E-state index in [1.807, 2.05) is 18.2 Å². The van der Waals surface area contributed by atoms with Crippen LogP contribution in [0.25, 0.3) is 0 Å². The van der Waals surface area contributed by atoms with Crippen molar-refractivity contribution in [2.24, 2.45) is 0 Å². The van der Waals surface area contributed by atoms with Gasteiger partial charge in [0, 0.05) is 19.6 Å². The summed E-state index contributed by atoms with van der Waals surface area (Å²) in [5.41, 5.74) is 8.39. The lowest BCUT2D eigenvalue weighted by Gasteiger charge is -2.27. The Morgan fingerprint density at radius 2 is 1.96 bits per heavy atom. The molecule has 2 N–H and O–H groups in total. The normalized spacial score (nSPS) is 22.2. The zero-order valence-electron chi connectivity index (χ0n) is 12.7. The van der Waals surface area contributed by atoms with Crippen molar-refractivity contribution < 1.29 is 12.8 Å². The number of benzene rings is 1. The van der Waals surface area contributed by atoms with Crippen LogP contribution in [0.5, 0.6) is 0 Å². The molecular formula is C16H19N3O3S. The first-order valence-corrected chi connectivity index (χ1v) is 9.24. The number of hydrogen-bond acceptors (Lipinski definition) is 5. The molecule has 23 heavy (non-hydrogen) atoms. The Kier molecular flexibility index (Phi) is 3.73. The molecule has 6 nitrogen and oxygen atoms in total. The SMILES string of the molecule is O=S(=O)(c1ccc(C2CCNN2)o1)N1CCc2ccccc2C1. The van der Waals surface area contributed by atoms with Gasteiger partial charge in [-0.15, -0.1) is 0 Å². The Bertz CT molecular complexity index is 809. The van der Waals surface area contributed by atoms with E-state index in [1.165, 1.54) is 9.87 Å². The zero-order valence-corrected chi connectivity index (χ0v) is 13.5. The minimum atomic E-state index is -3.59. The van der Waals surface area contributed by atoms with Crippen LogP contribution in [0.3, 0.4) is 0 Å². The zero-order chi connectivity index (χ0) is 15.9. The summed E-state index contributed by atoms with van der Waals surface area (Å²) in [7, 11) is -3.59. The molecule has 2 aromatic rings. The summed E-state index contributed by atoms with van der Waals surface area (Å²) in [5.74, 6) is 0.658. The molecule has 1 aromatic heterocycles. The first-order chi connectivity index (χ1) is 11.1. The van der Waals surface area contributed by atoms with Gasteiger partial charge < -0.3 is 4.42 Å². The molecule has 1 atom stereocenters. The molecule has 1 unspecified atom stereocenters. The van der Waals surface area contributed by atoms with E-state index in [0.29, 0.717) is 18.8 Å². The molecule has 3 heterocycles. The van der Waals surface area contributed by atoms with Crippen molar-refractivity contribution in [2.75, 3.05) is 13.1 Å². The number of hydrogen-bond donors (Lipinski definition) is 2. The summed E-state index contributed by atoms with van der Waals surface area (Å²) in [6.45, 7) is 1.73. The Balaban J connectivity index is 1.59. The quantitative estimate of drug-likeness (QED) is 0.892. The van der Waals surface area contributed by atoms with E-state index in [4.69, 9.17) is 4.42 Å². The summed E-state index contributed by atoms with van der Waals surface area (Å²) < 4.78 is 32.8. The second-order valence-electron chi connectivity index (χ2n) is 5.93. The fraction of sp³-hybridized carbons (Fsp3) is 0.375. The van der Waals surface area contributed by atoms with Gasteiger partial charge in [-0.2, -0.15) is 4.31 Å². The van der Waals surface area contributed by atoms with Gasteiger partial charge in [-0.05, 0) is 36.1 Å². The Labute approximate surface area is 135 Å². The summed E-state index contributed by atoms with van der Waals surface area (Å²) >= 11 is 0. The van der Waals surface area contributed by atoms with E-state index in [-0.39, 0.29) is 11.1 Å². The molecule has 4 rings (SSSR count). The third-order valence-electron chi connectivity index (χ3n) is 4.47. The van der Waals surface area contributed by atoms with E-state index in [1.54, 1.807) is 12.1 Å². The molecule has 0 saturated carbocycles. The first kappa shape index (κ1) is 14.9. The fourth-order valence-corrected chi connectivity index (χ4v) is 4.50. The molecular weight excluding hydrogens is 314 g/mol. The van der Waals surface area contributed by atoms with Gasteiger partial charge in [0.25, 0.3) is 10.0 Å². The summed E-state index contributed by atoms with van der Waals surface area (Å²) in [6.07, 6.45) is 1.61. The largest absolute Gasteiger partial charge is 0.447 e. The van der Waals surface area contributed by atoms with Crippen LogP contribution in [0.2, 0.25) is 0 Å². The van der Waals surface area contributed by atoms with Gasteiger partial charge >= 0.3 is 0 Å². The molecule has 0 aliphatic carbocycles. The van der Waals surface area contributed by atoms with E-state index in [0.717, 1.165) is 24.9 Å². The minimum absolute atomic E-state index is 0.0283. The van der Waals surface area contributed by atoms with Crippen LogP contribution in [0, 0.1) is 0 Å².